The number of imidazole rings is 1. The van der Waals surface area contributed by atoms with E-state index in [9.17, 15) is 0 Å². The Bertz CT molecular complexity index is 304. The molecule has 0 fully saturated rings. The normalized spacial score (nSPS) is 11.0. The van der Waals surface area contributed by atoms with E-state index >= 15 is 0 Å². The molecule has 1 aromatic rings. The van der Waals surface area contributed by atoms with Gasteiger partial charge in [0.2, 0.25) is 0 Å². The maximum absolute atomic E-state index is 8.56. The summed E-state index contributed by atoms with van der Waals surface area (Å²) < 4.78 is 26.0. The highest BCUT2D eigenvalue weighted by Crippen LogP contribution is 2.04. The lowest BCUT2D eigenvalue weighted by Crippen LogP contribution is -1.89. The van der Waals surface area contributed by atoms with E-state index in [1.54, 1.807) is 12.5 Å². The predicted octanol–water partition coefficient (Wildman–Crippen LogP) is 1.27. The minimum absolute atomic E-state index is 0.802. The molecule has 0 saturated carbocycles. The summed E-state index contributed by atoms with van der Waals surface area (Å²) in [5, 5.41) is 0. The van der Waals surface area contributed by atoms with E-state index in [1.165, 1.54) is 0 Å². The second kappa shape index (κ2) is 7.19. The summed E-state index contributed by atoms with van der Waals surface area (Å²) >= 11 is -2.86. The van der Waals surface area contributed by atoms with Gasteiger partial charge in [-0.3, -0.25) is 0 Å². The summed E-state index contributed by atoms with van der Waals surface area (Å²) in [6.07, 6.45) is 7.95. The SMILES string of the molecule is C=CCC(=C)n1ccnc1.O=S([O-])O. The average molecular weight is 215 g/mol. The molecule has 0 aromatic carbocycles. The fourth-order valence-corrected chi connectivity index (χ4v) is 0.718. The summed E-state index contributed by atoms with van der Waals surface area (Å²) in [4.78, 5) is 3.89. The quantitative estimate of drug-likeness (QED) is 0.608. The van der Waals surface area contributed by atoms with Crippen LogP contribution in [0, 0.1) is 0 Å². The van der Waals surface area contributed by atoms with Crippen molar-refractivity contribution in [2.45, 2.75) is 6.42 Å². The van der Waals surface area contributed by atoms with Crippen LogP contribution in [0.1, 0.15) is 6.42 Å². The van der Waals surface area contributed by atoms with Gasteiger partial charge < -0.3 is 13.7 Å². The number of allylic oxidation sites excluding steroid dienone is 2. The van der Waals surface area contributed by atoms with Gasteiger partial charge in [-0.15, -0.1) is 6.58 Å². The zero-order valence-electron chi connectivity index (χ0n) is 7.50. The fourth-order valence-electron chi connectivity index (χ4n) is 0.718. The van der Waals surface area contributed by atoms with Crippen LogP contribution >= 0.6 is 0 Å². The molecule has 1 aromatic heterocycles. The van der Waals surface area contributed by atoms with Crippen LogP contribution in [0.25, 0.3) is 5.70 Å². The Kier molecular flexibility index (Phi) is 6.55. The molecule has 78 valence electrons. The molecule has 1 N–H and O–H groups in total. The molecule has 6 heteroatoms. The highest BCUT2D eigenvalue weighted by atomic mass is 32.2. The Labute approximate surface area is 84.9 Å². The molecule has 0 amide bonds. The summed E-state index contributed by atoms with van der Waals surface area (Å²) in [7, 11) is 0. The molecule has 1 heterocycles. The first-order chi connectivity index (χ1) is 6.57. The van der Waals surface area contributed by atoms with E-state index in [-0.39, 0.29) is 0 Å². The molecule has 0 aliphatic carbocycles. The van der Waals surface area contributed by atoms with Crippen LogP contribution in [0.4, 0.5) is 0 Å². The Balaban J connectivity index is 0.000000364. The molecule has 5 nitrogen and oxygen atoms in total. The van der Waals surface area contributed by atoms with Crippen molar-refractivity contribution in [2.24, 2.45) is 0 Å². The maximum Gasteiger partial charge on any atom is 0.0989 e. The highest BCUT2D eigenvalue weighted by Gasteiger charge is 1.90. The zero-order chi connectivity index (χ0) is 11.0. The Morgan fingerprint density at radius 2 is 2.36 bits per heavy atom. The molecule has 1 rings (SSSR count). The standard InChI is InChI=1S/C8H10N2.H2O3S/c1-3-4-8(2)10-6-5-9-7-10;1-4(2)3/h3,5-7H,1-2,4H2;(H2,1,2,3)/p-1. The fraction of sp³-hybridized carbons (Fsp3) is 0.125. The third-order valence-electron chi connectivity index (χ3n) is 1.25. The van der Waals surface area contributed by atoms with Gasteiger partial charge in [-0.2, -0.15) is 0 Å². The molecule has 14 heavy (non-hydrogen) atoms. The second-order valence-electron chi connectivity index (χ2n) is 2.25. The number of nitrogens with zero attached hydrogens (tertiary/aromatic N) is 2. The van der Waals surface area contributed by atoms with E-state index in [0.29, 0.717) is 0 Å². The van der Waals surface area contributed by atoms with Gasteiger partial charge in [0, 0.05) is 24.5 Å². The van der Waals surface area contributed by atoms with E-state index in [4.69, 9.17) is 13.3 Å². The van der Waals surface area contributed by atoms with E-state index in [1.807, 2.05) is 16.8 Å². The Hall–Kier alpha value is -1.24. The van der Waals surface area contributed by atoms with Gasteiger partial charge in [0.05, 0.1) is 17.7 Å². The summed E-state index contributed by atoms with van der Waals surface area (Å²) in [5.41, 5.74) is 0.993. The van der Waals surface area contributed by atoms with Crippen LogP contribution in [0.5, 0.6) is 0 Å². The van der Waals surface area contributed by atoms with Gasteiger partial charge in [-0.05, 0) is 0 Å². The van der Waals surface area contributed by atoms with Gasteiger partial charge in [0.25, 0.3) is 0 Å². The van der Waals surface area contributed by atoms with E-state index in [0.717, 1.165) is 12.1 Å². The molecule has 1 unspecified atom stereocenters. The molecule has 0 aliphatic heterocycles. The molecule has 1 atom stereocenters. The minimum atomic E-state index is -2.86. The van der Waals surface area contributed by atoms with Crippen molar-refractivity contribution in [3.05, 3.63) is 38.0 Å². The van der Waals surface area contributed by atoms with Gasteiger partial charge in [0.1, 0.15) is 0 Å². The molecular formula is C8H11N2O3S-. The van der Waals surface area contributed by atoms with E-state index < -0.39 is 11.4 Å². The largest absolute Gasteiger partial charge is 0.750 e. The van der Waals surface area contributed by atoms with Gasteiger partial charge >= 0.3 is 0 Å². The van der Waals surface area contributed by atoms with Crippen molar-refractivity contribution in [3.63, 3.8) is 0 Å². The second-order valence-corrected chi connectivity index (χ2v) is 2.68. The molecule has 0 spiro atoms. The van der Waals surface area contributed by atoms with Gasteiger partial charge in [-0.1, -0.05) is 12.7 Å². The Morgan fingerprint density at radius 1 is 1.79 bits per heavy atom. The van der Waals surface area contributed by atoms with Crippen LogP contribution in [-0.4, -0.2) is 22.9 Å². The van der Waals surface area contributed by atoms with E-state index in [2.05, 4.69) is 18.1 Å². The molecule has 0 saturated heterocycles. The van der Waals surface area contributed by atoms with Crippen LogP contribution in [-0.2, 0) is 11.4 Å². The molecular weight excluding hydrogens is 204 g/mol. The molecule has 0 radical (unpaired) electrons. The topological polar surface area (TPSA) is 78.2 Å². The van der Waals surface area contributed by atoms with Crippen molar-refractivity contribution in [1.82, 2.24) is 9.55 Å². The van der Waals surface area contributed by atoms with Crippen LogP contribution in [0.15, 0.2) is 38.0 Å². The van der Waals surface area contributed by atoms with Crippen LogP contribution < -0.4 is 0 Å². The van der Waals surface area contributed by atoms with Crippen LogP contribution in [0.3, 0.4) is 0 Å². The summed E-state index contributed by atoms with van der Waals surface area (Å²) in [6.45, 7) is 7.45. The molecule has 0 bridgehead atoms. The lowest BCUT2D eigenvalue weighted by Gasteiger charge is -2.00. The summed E-state index contributed by atoms with van der Waals surface area (Å²) in [6, 6.07) is 0. The van der Waals surface area contributed by atoms with Crippen LogP contribution in [0.2, 0.25) is 0 Å². The van der Waals surface area contributed by atoms with Crippen molar-refractivity contribution in [1.29, 1.82) is 0 Å². The number of aromatic nitrogens is 2. The van der Waals surface area contributed by atoms with Crippen molar-refractivity contribution >= 4 is 17.1 Å². The van der Waals surface area contributed by atoms with Crippen molar-refractivity contribution < 1.29 is 13.3 Å². The van der Waals surface area contributed by atoms with Crippen molar-refractivity contribution in [3.8, 4) is 0 Å². The first kappa shape index (κ1) is 12.8. The molecule has 0 aliphatic rings. The first-order valence-corrected chi connectivity index (χ1v) is 4.66. The lowest BCUT2D eigenvalue weighted by atomic mass is 10.3. The zero-order valence-corrected chi connectivity index (χ0v) is 8.31. The van der Waals surface area contributed by atoms with Gasteiger partial charge in [-0.25, -0.2) is 9.19 Å². The number of rotatable bonds is 3. The average Bonchev–Trinajstić information content (AvgIpc) is 2.55. The number of hydrogen-bond donors (Lipinski definition) is 1. The number of hydrogen-bond acceptors (Lipinski definition) is 3. The van der Waals surface area contributed by atoms with Crippen molar-refractivity contribution in [2.75, 3.05) is 0 Å². The monoisotopic (exact) mass is 215 g/mol. The third-order valence-corrected chi connectivity index (χ3v) is 1.25. The lowest BCUT2D eigenvalue weighted by molar-refractivity contribution is 0.436. The minimum Gasteiger partial charge on any atom is -0.750 e. The smallest absolute Gasteiger partial charge is 0.0989 e. The van der Waals surface area contributed by atoms with Gasteiger partial charge in [0.15, 0.2) is 0 Å². The highest BCUT2D eigenvalue weighted by molar-refractivity contribution is 7.73. The maximum atomic E-state index is 8.56. The summed E-state index contributed by atoms with van der Waals surface area (Å²) in [5.74, 6) is 0. The Morgan fingerprint density at radius 3 is 2.71 bits per heavy atom. The predicted molar refractivity (Wildman–Crippen MR) is 53.9 cm³/mol. The third kappa shape index (κ3) is 6.30. The first-order valence-electron chi connectivity index (χ1n) is 3.63.